The van der Waals surface area contributed by atoms with Crippen LogP contribution in [0.3, 0.4) is 0 Å². The molecule has 0 amide bonds. The number of ether oxygens (including phenoxy) is 1. The summed E-state index contributed by atoms with van der Waals surface area (Å²) in [6, 6.07) is 0.552. The summed E-state index contributed by atoms with van der Waals surface area (Å²) in [7, 11) is 1.59. The summed E-state index contributed by atoms with van der Waals surface area (Å²) in [5, 5.41) is 0. The number of nitrogens with two attached hydrogens (primary N) is 1. The molecule has 2 rings (SSSR count). The molecule has 0 aliphatic heterocycles. The Kier molecular flexibility index (Phi) is 5.04. The first-order valence-corrected chi connectivity index (χ1v) is 7.54. The van der Waals surface area contributed by atoms with E-state index in [4.69, 9.17) is 10.5 Å². The zero-order valence-electron chi connectivity index (χ0n) is 12.8. The monoisotopic (exact) mass is 278 g/mol. The SMILES string of the molecule is COc1ncnc(N(CCC(C)C)C2CCCC2)c1N. The Labute approximate surface area is 121 Å². The number of aromatic nitrogens is 2. The van der Waals surface area contributed by atoms with E-state index in [1.807, 2.05) is 0 Å². The maximum absolute atomic E-state index is 6.18. The molecule has 0 spiro atoms. The summed E-state index contributed by atoms with van der Waals surface area (Å²) >= 11 is 0. The van der Waals surface area contributed by atoms with Gasteiger partial charge in [-0.3, -0.25) is 0 Å². The molecule has 1 aliphatic rings. The fourth-order valence-electron chi connectivity index (χ4n) is 2.84. The quantitative estimate of drug-likeness (QED) is 0.866. The molecule has 0 radical (unpaired) electrons. The molecule has 2 N–H and O–H groups in total. The van der Waals surface area contributed by atoms with E-state index >= 15 is 0 Å². The predicted octanol–water partition coefficient (Wildman–Crippen LogP) is 2.86. The van der Waals surface area contributed by atoms with Gasteiger partial charge in [-0.15, -0.1) is 0 Å². The number of nitrogens with zero attached hydrogens (tertiary/aromatic N) is 3. The van der Waals surface area contributed by atoms with E-state index in [9.17, 15) is 0 Å². The third-order valence-electron chi connectivity index (χ3n) is 4.00. The highest BCUT2D eigenvalue weighted by Gasteiger charge is 2.26. The molecule has 112 valence electrons. The van der Waals surface area contributed by atoms with Crippen molar-refractivity contribution in [1.29, 1.82) is 0 Å². The van der Waals surface area contributed by atoms with Gasteiger partial charge in [0.25, 0.3) is 0 Å². The lowest BCUT2D eigenvalue weighted by Gasteiger charge is -2.31. The molecule has 1 saturated carbocycles. The molecule has 5 heteroatoms. The minimum Gasteiger partial charge on any atom is -0.479 e. The summed E-state index contributed by atoms with van der Waals surface area (Å²) < 4.78 is 5.22. The van der Waals surface area contributed by atoms with Gasteiger partial charge in [-0.1, -0.05) is 26.7 Å². The van der Waals surface area contributed by atoms with Crippen LogP contribution in [0.15, 0.2) is 6.33 Å². The van der Waals surface area contributed by atoms with Crippen LogP contribution in [-0.4, -0.2) is 29.7 Å². The lowest BCUT2D eigenvalue weighted by molar-refractivity contribution is 0.399. The van der Waals surface area contributed by atoms with Crippen LogP contribution in [-0.2, 0) is 0 Å². The van der Waals surface area contributed by atoms with Crippen LogP contribution in [0.2, 0.25) is 0 Å². The van der Waals surface area contributed by atoms with Crippen molar-refractivity contribution in [3.63, 3.8) is 0 Å². The van der Waals surface area contributed by atoms with Crippen molar-refractivity contribution in [1.82, 2.24) is 9.97 Å². The normalized spacial score (nSPS) is 15.8. The highest BCUT2D eigenvalue weighted by molar-refractivity contribution is 5.68. The van der Waals surface area contributed by atoms with Crippen LogP contribution >= 0.6 is 0 Å². The van der Waals surface area contributed by atoms with Crippen LogP contribution in [0.1, 0.15) is 46.0 Å². The number of hydrogen-bond donors (Lipinski definition) is 1. The van der Waals surface area contributed by atoms with Crippen LogP contribution in [0, 0.1) is 5.92 Å². The van der Waals surface area contributed by atoms with Gasteiger partial charge in [0.1, 0.15) is 12.0 Å². The largest absolute Gasteiger partial charge is 0.479 e. The van der Waals surface area contributed by atoms with E-state index in [1.54, 1.807) is 13.4 Å². The van der Waals surface area contributed by atoms with Gasteiger partial charge >= 0.3 is 0 Å². The molecule has 20 heavy (non-hydrogen) atoms. The van der Waals surface area contributed by atoms with Gasteiger partial charge in [-0.05, 0) is 25.2 Å². The Morgan fingerprint density at radius 2 is 2.05 bits per heavy atom. The highest BCUT2D eigenvalue weighted by atomic mass is 16.5. The number of methoxy groups -OCH3 is 1. The smallest absolute Gasteiger partial charge is 0.242 e. The zero-order chi connectivity index (χ0) is 14.5. The number of nitrogen functional groups attached to an aromatic ring is 1. The maximum atomic E-state index is 6.18. The highest BCUT2D eigenvalue weighted by Crippen LogP contribution is 2.33. The molecule has 0 saturated heterocycles. The van der Waals surface area contributed by atoms with Crippen molar-refractivity contribution in [2.75, 3.05) is 24.3 Å². The molecule has 0 unspecified atom stereocenters. The molecule has 0 atom stereocenters. The molecule has 0 bridgehead atoms. The molecule has 1 fully saturated rings. The average molecular weight is 278 g/mol. The molecular formula is C15H26N4O. The summed E-state index contributed by atoms with van der Waals surface area (Å²) in [4.78, 5) is 10.9. The summed E-state index contributed by atoms with van der Waals surface area (Å²) in [5.41, 5.74) is 6.74. The minimum atomic E-state index is 0.475. The van der Waals surface area contributed by atoms with Gasteiger partial charge in [0.15, 0.2) is 5.82 Å². The van der Waals surface area contributed by atoms with Crippen LogP contribution in [0.25, 0.3) is 0 Å². The van der Waals surface area contributed by atoms with Gasteiger partial charge in [-0.25, -0.2) is 4.98 Å². The second-order valence-corrected chi connectivity index (χ2v) is 5.93. The first-order chi connectivity index (χ1) is 9.63. The van der Waals surface area contributed by atoms with Crippen molar-refractivity contribution in [3.05, 3.63) is 6.33 Å². The van der Waals surface area contributed by atoms with Crippen LogP contribution in [0.4, 0.5) is 11.5 Å². The topological polar surface area (TPSA) is 64.3 Å². The van der Waals surface area contributed by atoms with Crippen molar-refractivity contribution in [3.8, 4) is 5.88 Å². The van der Waals surface area contributed by atoms with Gasteiger partial charge < -0.3 is 15.4 Å². The Morgan fingerprint density at radius 3 is 2.65 bits per heavy atom. The van der Waals surface area contributed by atoms with E-state index in [1.165, 1.54) is 25.7 Å². The fourth-order valence-corrected chi connectivity index (χ4v) is 2.84. The minimum absolute atomic E-state index is 0.475. The van der Waals surface area contributed by atoms with Crippen molar-refractivity contribution in [2.24, 2.45) is 5.92 Å². The number of anilines is 2. The van der Waals surface area contributed by atoms with E-state index in [0.29, 0.717) is 23.5 Å². The molecule has 1 heterocycles. The van der Waals surface area contributed by atoms with E-state index in [0.717, 1.165) is 18.8 Å². The van der Waals surface area contributed by atoms with Crippen molar-refractivity contribution >= 4 is 11.5 Å². The third-order valence-corrected chi connectivity index (χ3v) is 4.00. The summed E-state index contributed by atoms with van der Waals surface area (Å²) in [6.07, 6.45) is 7.73. The first kappa shape index (κ1) is 14.9. The van der Waals surface area contributed by atoms with E-state index in [2.05, 4.69) is 28.7 Å². The Morgan fingerprint density at radius 1 is 1.35 bits per heavy atom. The molecule has 0 aromatic carbocycles. The Hall–Kier alpha value is -1.52. The van der Waals surface area contributed by atoms with Gasteiger partial charge in [0.2, 0.25) is 5.88 Å². The molecule has 1 aliphatic carbocycles. The standard InChI is InChI=1S/C15H26N4O/c1-11(2)8-9-19(12-6-4-5-7-12)14-13(16)15(20-3)18-10-17-14/h10-12H,4-9,16H2,1-3H3. The summed E-state index contributed by atoms with van der Waals surface area (Å²) in [5.74, 6) is 1.98. The average Bonchev–Trinajstić information content (AvgIpc) is 2.94. The van der Waals surface area contributed by atoms with Gasteiger partial charge in [0, 0.05) is 12.6 Å². The zero-order valence-corrected chi connectivity index (χ0v) is 12.8. The van der Waals surface area contributed by atoms with Crippen molar-refractivity contribution in [2.45, 2.75) is 52.0 Å². The second kappa shape index (κ2) is 6.77. The lowest BCUT2D eigenvalue weighted by Crippen LogP contribution is -2.36. The molecule has 1 aromatic heterocycles. The number of rotatable bonds is 6. The van der Waals surface area contributed by atoms with Gasteiger partial charge in [-0.2, -0.15) is 4.98 Å². The van der Waals surface area contributed by atoms with Gasteiger partial charge in [0.05, 0.1) is 7.11 Å². The summed E-state index contributed by atoms with van der Waals surface area (Å²) in [6.45, 7) is 5.49. The van der Waals surface area contributed by atoms with Crippen molar-refractivity contribution < 1.29 is 4.74 Å². The van der Waals surface area contributed by atoms with Crippen LogP contribution < -0.4 is 15.4 Å². The maximum Gasteiger partial charge on any atom is 0.242 e. The Balaban J connectivity index is 2.25. The van der Waals surface area contributed by atoms with E-state index in [-0.39, 0.29) is 0 Å². The Bertz CT molecular complexity index is 430. The van der Waals surface area contributed by atoms with E-state index < -0.39 is 0 Å². The third kappa shape index (κ3) is 3.32. The predicted molar refractivity (Wildman–Crippen MR) is 82.1 cm³/mol. The fraction of sp³-hybridized carbons (Fsp3) is 0.733. The lowest BCUT2D eigenvalue weighted by atomic mass is 10.1. The first-order valence-electron chi connectivity index (χ1n) is 7.54. The van der Waals surface area contributed by atoms with Crippen LogP contribution in [0.5, 0.6) is 5.88 Å². The molecule has 5 nitrogen and oxygen atoms in total. The number of hydrogen-bond acceptors (Lipinski definition) is 5. The molecular weight excluding hydrogens is 252 g/mol. The second-order valence-electron chi connectivity index (χ2n) is 5.93. The molecule has 1 aromatic rings.